The molecule has 1 aliphatic heterocycles. The SMILES string of the molecule is C/C(Br)=C1\CCC(C(C)C)C(=O)O1. The van der Waals surface area contributed by atoms with Crippen molar-refractivity contribution >= 4 is 21.9 Å². The average molecular weight is 247 g/mol. The molecule has 1 saturated heterocycles. The van der Waals surface area contributed by atoms with E-state index in [0.717, 1.165) is 23.1 Å². The third-order valence-electron chi connectivity index (χ3n) is 2.40. The van der Waals surface area contributed by atoms with Crippen molar-refractivity contribution in [2.45, 2.75) is 33.6 Å². The summed E-state index contributed by atoms with van der Waals surface area (Å²) in [5, 5.41) is 0. The van der Waals surface area contributed by atoms with Crippen LogP contribution in [0.3, 0.4) is 0 Å². The van der Waals surface area contributed by atoms with Gasteiger partial charge >= 0.3 is 5.97 Å². The van der Waals surface area contributed by atoms with Crippen molar-refractivity contribution in [2.75, 3.05) is 0 Å². The van der Waals surface area contributed by atoms with E-state index in [2.05, 4.69) is 29.8 Å². The Bertz CT molecular complexity index is 239. The van der Waals surface area contributed by atoms with Crippen molar-refractivity contribution in [1.29, 1.82) is 0 Å². The van der Waals surface area contributed by atoms with Gasteiger partial charge in [-0.25, -0.2) is 0 Å². The van der Waals surface area contributed by atoms with E-state index in [1.54, 1.807) is 0 Å². The molecule has 0 aliphatic carbocycles. The fourth-order valence-corrected chi connectivity index (χ4v) is 1.78. The van der Waals surface area contributed by atoms with Crippen LogP contribution < -0.4 is 0 Å². The van der Waals surface area contributed by atoms with Gasteiger partial charge in [0.25, 0.3) is 0 Å². The lowest BCUT2D eigenvalue weighted by molar-refractivity contribution is -0.149. The minimum Gasteiger partial charge on any atom is -0.430 e. The van der Waals surface area contributed by atoms with E-state index in [4.69, 9.17) is 4.74 Å². The fraction of sp³-hybridized carbons (Fsp3) is 0.700. The molecule has 0 aromatic rings. The number of hydrogen-bond acceptors (Lipinski definition) is 2. The van der Waals surface area contributed by atoms with E-state index in [-0.39, 0.29) is 11.9 Å². The van der Waals surface area contributed by atoms with E-state index in [1.165, 1.54) is 0 Å². The maximum Gasteiger partial charge on any atom is 0.314 e. The zero-order valence-corrected chi connectivity index (χ0v) is 9.85. The summed E-state index contributed by atoms with van der Waals surface area (Å²) in [5.74, 6) is 1.18. The van der Waals surface area contributed by atoms with E-state index in [9.17, 15) is 4.79 Å². The largest absolute Gasteiger partial charge is 0.430 e. The molecule has 1 fully saturated rings. The molecule has 3 heteroatoms. The Balaban J connectivity index is 2.68. The Labute approximate surface area is 87.5 Å². The molecule has 1 rings (SSSR count). The molecule has 0 bridgehead atoms. The van der Waals surface area contributed by atoms with E-state index < -0.39 is 0 Å². The standard InChI is InChI=1S/C10H15BrO2/c1-6(2)8-4-5-9(7(3)11)13-10(8)12/h6,8H,4-5H2,1-3H3/b9-7-. The predicted molar refractivity (Wildman–Crippen MR) is 55.3 cm³/mol. The highest BCUT2D eigenvalue weighted by molar-refractivity contribution is 9.11. The quantitative estimate of drug-likeness (QED) is 0.665. The molecule has 1 aliphatic rings. The van der Waals surface area contributed by atoms with Crippen molar-refractivity contribution in [3.63, 3.8) is 0 Å². The molecular weight excluding hydrogens is 232 g/mol. The summed E-state index contributed by atoms with van der Waals surface area (Å²) >= 11 is 3.32. The Morgan fingerprint density at radius 1 is 1.62 bits per heavy atom. The number of cyclic esters (lactones) is 1. The first-order valence-electron chi connectivity index (χ1n) is 4.59. The summed E-state index contributed by atoms with van der Waals surface area (Å²) < 4.78 is 6.15. The minimum atomic E-state index is -0.0740. The number of rotatable bonds is 1. The highest BCUT2D eigenvalue weighted by Gasteiger charge is 2.29. The summed E-state index contributed by atoms with van der Waals surface area (Å²) in [6.45, 7) is 6.02. The molecule has 0 spiro atoms. The molecule has 0 amide bonds. The van der Waals surface area contributed by atoms with Gasteiger partial charge in [-0.15, -0.1) is 0 Å². The van der Waals surface area contributed by atoms with Gasteiger partial charge in [-0.2, -0.15) is 0 Å². The average Bonchev–Trinajstić information content (AvgIpc) is 2.03. The maximum absolute atomic E-state index is 11.5. The number of halogens is 1. The Kier molecular flexibility index (Phi) is 3.54. The third kappa shape index (κ3) is 2.56. The lowest BCUT2D eigenvalue weighted by Crippen LogP contribution is -2.27. The van der Waals surface area contributed by atoms with Crippen LogP contribution in [0.5, 0.6) is 0 Å². The smallest absolute Gasteiger partial charge is 0.314 e. The van der Waals surface area contributed by atoms with Gasteiger partial charge in [0.15, 0.2) is 0 Å². The highest BCUT2D eigenvalue weighted by atomic mass is 79.9. The number of hydrogen-bond donors (Lipinski definition) is 0. The molecule has 1 heterocycles. The normalized spacial score (nSPS) is 27.5. The van der Waals surface area contributed by atoms with Crippen LogP contribution in [0.2, 0.25) is 0 Å². The van der Waals surface area contributed by atoms with Gasteiger partial charge in [0.2, 0.25) is 0 Å². The number of carbonyl (C=O) groups excluding carboxylic acids is 1. The zero-order valence-electron chi connectivity index (χ0n) is 8.26. The number of allylic oxidation sites excluding steroid dienone is 2. The number of carbonyl (C=O) groups is 1. The molecule has 1 atom stereocenters. The van der Waals surface area contributed by atoms with Crippen LogP contribution in [-0.2, 0) is 9.53 Å². The lowest BCUT2D eigenvalue weighted by Gasteiger charge is -2.25. The molecular formula is C10H15BrO2. The molecule has 13 heavy (non-hydrogen) atoms. The second kappa shape index (κ2) is 4.27. The van der Waals surface area contributed by atoms with Gasteiger partial charge in [0, 0.05) is 10.9 Å². The van der Waals surface area contributed by atoms with Gasteiger partial charge < -0.3 is 4.74 Å². The summed E-state index contributed by atoms with van der Waals surface area (Å²) in [4.78, 5) is 11.5. The maximum atomic E-state index is 11.5. The van der Waals surface area contributed by atoms with Crippen LogP contribution in [0.1, 0.15) is 33.6 Å². The second-order valence-electron chi connectivity index (χ2n) is 3.77. The monoisotopic (exact) mass is 246 g/mol. The molecule has 2 nitrogen and oxygen atoms in total. The first-order valence-corrected chi connectivity index (χ1v) is 5.38. The summed E-state index contributed by atoms with van der Waals surface area (Å²) in [7, 11) is 0. The summed E-state index contributed by atoms with van der Waals surface area (Å²) in [6, 6.07) is 0. The van der Waals surface area contributed by atoms with Crippen molar-refractivity contribution < 1.29 is 9.53 Å². The fourth-order valence-electron chi connectivity index (χ4n) is 1.50. The molecule has 74 valence electrons. The zero-order chi connectivity index (χ0) is 10.0. The molecule has 0 saturated carbocycles. The van der Waals surface area contributed by atoms with Crippen molar-refractivity contribution in [2.24, 2.45) is 11.8 Å². The first kappa shape index (κ1) is 10.8. The van der Waals surface area contributed by atoms with Gasteiger partial charge in [-0.3, -0.25) is 4.79 Å². The summed E-state index contributed by atoms with van der Waals surface area (Å²) in [6.07, 6.45) is 1.78. The van der Waals surface area contributed by atoms with Crippen LogP contribution >= 0.6 is 15.9 Å². The van der Waals surface area contributed by atoms with Crippen molar-refractivity contribution in [3.8, 4) is 0 Å². The van der Waals surface area contributed by atoms with Gasteiger partial charge in [0.05, 0.1) is 5.92 Å². The second-order valence-corrected chi connectivity index (χ2v) is 4.96. The molecule has 0 radical (unpaired) electrons. The third-order valence-corrected chi connectivity index (χ3v) is 2.84. The molecule has 0 aromatic heterocycles. The van der Waals surface area contributed by atoms with Crippen LogP contribution in [0.15, 0.2) is 10.2 Å². The van der Waals surface area contributed by atoms with E-state index in [1.807, 2.05) is 6.92 Å². The number of esters is 1. The van der Waals surface area contributed by atoms with Crippen LogP contribution in [0.25, 0.3) is 0 Å². The lowest BCUT2D eigenvalue weighted by atomic mass is 9.89. The topological polar surface area (TPSA) is 26.3 Å². The van der Waals surface area contributed by atoms with Gasteiger partial charge in [-0.05, 0) is 19.3 Å². The van der Waals surface area contributed by atoms with Gasteiger partial charge in [-0.1, -0.05) is 29.8 Å². The predicted octanol–water partition coefficient (Wildman–Crippen LogP) is 3.22. The number of ether oxygens (including phenoxy) is 1. The van der Waals surface area contributed by atoms with Crippen molar-refractivity contribution in [1.82, 2.24) is 0 Å². The molecule has 0 aromatic carbocycles. The van der Waals surface area contributed by atoms with Crippen LogP contribution in [-0.4, -0.2) is 5.97 Å². The van der Waals surface area contributed by atoms with Crippen LogP contribution in [0.4, 0.5) is 0 Å². The van der Waals surface area contributed by atoms with E-state index >= 15 is 0 Å². The Morgan fingerprint density at radius 2 is 2.23 bits per heavy atom. The molecule has 1 unspecified atom stereocenters. The van der Waals surface area contributed by atoms with Crippen molar-refractivity contribution in [3.05, 3.63) is 10.2 Å². The Hall–Kier alpha value is -0.310. The Morgan fingerprint density at radius 3 is 2.62 bits per heavy atom. The van der Waals surface area contributed by atoms with Gasteiger partial charge in [0.1, 0.15) is 5.76 Å². The first-order chi connectivity index (χ1) is 6.02. The summed E-state index contributed by atoms with van der Waals surface area (Å²) in [5.41, 5.74) is 0. The van der Waals surface area contributed by atoms with E-state index in [0.29, 0.717) is 5.92 Å². The molecule has 0 N–H and O–H groups in total. The van der Waals surface area contributed by atoms with Crippen LogP contribution in [0, 0.1) is 11.8 Å². The highest BCUT2D eigenvalue weighted by Crippen LogP contribution is 2.30. The minimum absolute atomic E-state index is 0.0740.